The zero-order valence-electron chi connectivity index (χ0n) is 7.95. The van der Waals surface area contributed by atoms with Gasteiger partial charge in [0.05, 0.1) is 17.5 Å². The van der Waals surface area contributed by atoms with E-state index in [1.165, 1.54) is 0 Å². The summed E-state index contributed by atoms with van der Waals surface area (Å²) in [4.78, 5) is 10.8. The molecule has 0 aliphatic carbocycles. The van der Waals surface area contributed by atoms with E-state index in [-0.39, 0.29) is 0 Å². The van der Waals surface area contributed by atoms with Gasteiger partial charge in [-0.15, -0.1) is 0 Å². The van der Waals surface area contributed by atoms with Crippen molar-refractivity contribution in [3.63, 3.8) is 0 Å². The van der Waals surface area contributed by atoms with Gasteiger partial charge in [0.15, 0.2) is 0 Å². The van der Waals surface area contributed by atoms with Crippen LogP contribution in [0.3, 0.4) is 0 Å². The fraction of sp³-hybridized carbons (Fsp3) is 0.300. The molecule has 76 valence electrons. The molecule has 4 heteroatoms. The topological polar surface area (TPSA) is 46.5 Å². The quantitative estimate of drug-likeness (QED) is 0.907. The molecule has 1 N–H and O–H groups in total. The molecule has 0 aliphatic heterocycles. The van der Waals surface area contributed by atoms with Gasteiger partial charge >= 0.3 is 5.97 Å². The largest absolute Gasteiger partial charge is 0.496 e. The van der Waals surface area contributed by atoms with Crippen molar-refractivity contribution in [2.75, 3.05) is 7.11 Å². The molecule has 0 saturated carbocycles. The lowest BCUT2D eigenvalue weighted by Crippen LogP contribution is -2.08. The first-order chi connectivity index (χ1) is 6.57. The molecule has 1 aromatic carbocycles. The smallest absolute Gasteiger partial charge is 0.310 e. The average Bonchev–Trinajstić information content (AvgIpc) is 2.17. The van der Waals surface area contributed by atoms with Gasteiger partial charge in [0, 0.05) is 0 Å². The zero-order valence-corrected chi connectivity index (χ0v) is 9.54. The second-order valence-electron chi connectivity index (χ2n) is 2.92. The summed E-state index contributed by atoms with van der Waals surface area (Å²) < 4.78 is 5.78. The summed E-state index contributed by atoms with van der Waals surface area (Å²) in [6, 6.07) is 5.33. The van der Waals surface area contributed by atoms with Crippen LogP contribution in [0.2, 0.25) is 0 Å². The molecule has 0 spiro atoms. The van der Waals surface area contributed by atoms with E-state index >= 15 is 0 Å². The van der Waals surface area contributed by atoms with Crippen LogP contribution in [0, 0.1) is 0 Å². The monoisotopic (exact) mass is 258 g/mol. The van der Waals surface area contributed by atoms with Crippen molar-refractivity contribution in [3.05, 3.63) is 28.2 Å². The highest BCUT2D eigenvalue weighted by molar-refractivity contribution is 9.10. The van der Waals surface area contributed by atoms with E-state index in [0.29, 0.717) is 10.2 Å². The summed E-state index contributed by atoms with van der Waals surface area (Å²) in [6.07, 6.45) is 0. The summed E-state index contributed by atoms with van der Waals surface area (Å²) >= 11 is 3.32. The van der Waals surface area contributed by atoms with E-state index < -0.39 is 11.9 Å². The molecule has 0 radical (unpaired) electrons. The molecular weight excluding hydrogens is 248 g/mol. The molecular formula is C10H11BrO3. The lowest BCUT2D eigenvalue weighted by atomic mass is 10.0. The van der Waals surface area contributed by atoms with Gasteiger partial charge in [0.1, 0.15) is 5.75 Å². The molecule has 0 heterocycles. The Labute approximate surface area is 90.8 Å². The van der Waals surface area contributed by atoms with E-state index in [0.717, 1.165) is 5.56 Å². The number of ether oxygens (including phenoxy) is 1. The molecule has 1 atom stereocenters. The third-order valence-corrected chi connectivity index (χ3v) is 2.90. The number of carboxylic acid groups (broad SMARTS) is 1. The maximum atomic E-state index is 10.8. The van der Waals surface area contributed by atoms with E-state index in [1.807, 2.05) is 0 Å². The van der Waals surface area contributed by atoms with Crippen LogP contribution in [0.1, 0.15) is 18.4 Å². The number of hydrogen-bond donors (Lipinski definition) is 1. The fourth-order valence-corrected chi connectivity index (χ4v) is 1.92. The second-order valence-corrected chi connectivity index (χ2v) is 3.72. The number of halogens is 1. The third kappa shape index (κ3) is 2.07. The molecule has 3 nitrogen and oxygen atoms in total. The highest BCUT2D eigenvalue weighted by atomic mass is 79.9. The molecule has 1 aromatic rings. The minimum Gasteiger partial charge on any atom is -0.496 e. The van der Waals surface area contributed by atoms with Gasteiger partial charge in [-0.05, 0) is 34.5 Å². The Balaban J connectivity index is 3.15. The van der Waals surface area contributed by atoms with E-state index in [2.05, 4.69) is 15.9 Å². The van der Waals surface area contributed by atoms with Crippen molar-refractivity contribution >= 4 is 21.9 Å². The van der Waals surface area contributed by atoms with Crippen LogP contribution >= 0.6 is 15.9 Å². The Morgan fingerprint density at radius 1 is 1.57 bits per heavy atom. The standard InChI is InChI=1S/C10H11BrO3/c1-6(10(12)13)7-4-3-5-8(14-2)9(7)11/h3-6H,1-2H3,(H,12,13). The van der Waals surface area contributed by atoms with E-state index in [9.17, 15) is 4.79 Å². The molecule has 0 bridgehead atoms. The van der Waals surface area contributed by atoms with Crippen molar-refractivity contribution in [2.24, 2.45) is 0 Å². The Bertz CT molecular complexity index is 349. The van der Waals surface area contributed by atoms with Crippen LogP contribution in [-0.4, -0.2) is 18.2 Å². The highest BCUT2D eigenvalue weighted by Crippen LogP contribution is 2.32. The number of aliphatic carboxylic acids is 1. The molecule has 0 aromatic heterocycles. The zero-order chi connectivity index (χ0) is 10.7. The van der Waals surface area contributed by atoms with E-state index in [4.69, 9.17) is 9.84 Å². The lowest BCUT2D eigenvalue weighted by molar-refractivity contribution is -0.138. The molecule has 0 amide bonds. The van der Waals surface area contributed by atoms with Crippen LogP contribution in [0.4, 0.5) is 0 Å². The van der Waals surface area contributed by atoms with Crippen LogP contribution in [0.25, 0.3) is 0 Å². The lowest BCUT2D eigenvalue weighted by Gasteiger charge is -2.11. The maximum absolute atomic E-state index is 10.8. The molecule has 0 saturated heterocycles. The molecule has 1 unspecified atom stereocenters. The van der Waals surface area contributed by atoms with Gasteiger partial charge < -0.3 is 9.84 Å². The highest BCUT2D eigenvalue weighted by Gasteiger charge is 2.18. The number of benzene rings is 1. The van der Waals surface area contributed by atoms with Gasteiger partial charge in [-0.2, -0.15) is 0 Å². The summed E-state index contributed by atoms with van der Waals surface area (Å²) in [5, 5.41) is 8.86. The second kappa shape index (κ2) is 4.46. The maximum Gasteiger partial charge on any atom is 0.310 e. The van der Waals surface area contributed by atoms with Crippen molar-refractivity contribution in [3.8, 4) is 5.75 Å². The first kappa shape index (κ1) is 11.0. The van der Waals surface area contributed by atoms with Gasteiger partial charge in [-0.1, -0.05) is 12.1 Å². The van der Waals surface area contributed by atoms with Crippen LogP contribution in [0.5, 0.6) is 5.75 Å². The third-order valence-electron chi connectivity index (χ3n) is 2.05. The van der Waals surface area contributed by atoms with Gasteiger partial charge in [-0.25, -0.2) is 0 Å². The van der Waals surface area contributed by atoms with Crippen molar-refractivity contribution in [1.29, 1.82) is 0 Å². The number of rotatable bonds is 3. The number of hydrogen-bond acceptors (Lipinski definition) is 2. The number of carboxylic acids is 1. The number of carbonyl (C=O) groups is 1. The van der Waals surface area contributed by atoms with Crippen LogP contribution in [0.15, 0.2) is 22.7 Å². The predicted molar refractivity (Wildman–Crippen MR) is 56.7 cm³/mol. The summed E-state index contributed by atoms with van der Waals surface area (Å²) in [5.74, 6) is -0.742. The van der Waals surface area contributed by atoms with Gasteiger partial charge in [-0.3, -0.25) is 4.79 Å². The normalized spacial score (nSPS) is 12.2. The van der Waals surface area contributed by atoms with Gasteiger partial charge in [0.25, 0.3) is 0 Å². The van der Waals surface area contributed by atoms with Crippen molar-refractivity contribution in [1.82, 2.24) is 0 Å². The first-order valence-corrected chi connectivity index (χ1v) is 4.92. The Kier molecular flexibility index (Phi) is 3.52. The Morgan fingerprint density at radius 2 is 2.21 bits per heavy atom. The predicted octanol–water partition coefficient (Wildman–Crippen LogP) is 2.65. The van der Waals surface area contributed by atoms with E-state index in [1.54, 1.807) is 32.2 Å². The summed E-state index contributed by atoms with van der Waals surface area (Å²) in [7, 11) is 1.55. The summed E-state index contributed by atoms with van der Waals surface area (Å²) in [5.41, 5.74) is 0.719. The van der Waals surface area contributed by atoms with Crippen molar-refractivity contribution in [2.45, 2.75) is 12.8 Å². The minimum absolute atomic E-state index is 0.542. The average molecular weight is 259 g/mol. The van der Waals surface area contributed by atoms with Gasteiger partial charge in [0.2, 0.25) is 0 Å². The van der Waals surface area contributed by atoms with Crippen LogP contribution < -0.4 is 4.74 Å². The molecule has 0 aliphatic rings. The van der Waals surface area contributed by atoms with Crippen molar-refractivity contribution < 1.29 is 14.6 Å². The molecule has 1 rings (SSSR count). The Hall–Kier alpha value is -1.03. The number of methoxy groups -OCH3 is 1. The SMILES string of the molecule is COc1cccc(C(C)C(=O)O)c1Br. The first-order valence-electron chi connectivity index (χ1n) is 4.13. The molecule has 14 heavy (non-hydrogen) atoms. The Morgan fingerprint density at radius 3 is 2.71 bits per heavy atom. The minimum atomic E-state index is -0.848. The molecule has 0 fully saturated rings. The van der Waals surface area contributed by atoms with Crippen LogP contribution in [-0.2, 0) is 4.79 Å². The fourth-order valence-electron chi connectivity index (χ4n) is 1.15. The summed E-state index contributed by atoms with van der Waals surface area (Å²) in [6.45, 7) is 1.64.